The van der Waals surface area contributed by atoms with Crippen LogP contribution in [0.5, 0.6) is 0 Å². The third-order valence-electron chi connectivity index (χ3n) is 3.60. The molecule has 1 aliphatic rings. The van der Waals surface area contributed by atoms with Gasteiger partial charge in [-0.2, -0.15) is 11.8 Å². The molecule has 2 heterocycles. The number of hydrogen-bond acceptors (Lipinski definition) is 3. The van der Waals surface area contributed by atoms with E-state index in [1.165, 1.54) is 46.2 Å². The Hall–Kier alpha value is 0.01000. The molecule has 0 aliphatic carbocycles. The molecule has 1 aliphatic heterocycles. The molecule has 2 rings (SSSR count). The monoisotopic (exact) mass is 269 g/mol. The Kier molecular flexibility index (Phi) is 4.95. The van der Waals surface area contributed by atoms with E-state index in [9.17, 15) is 0 Å². The van der Waals surface area contributed by atoms with Crippen molar-refractivity contribution < 1.29 is 0 Å². The maximum absolute atomic E-state index is 3.72. The minimum Gasteiger partial charge on any atom is -0.310 e. The van der Waals surface area contributed by atoms with Crippen LogP contribution in [0.25, 0.3) is 0 Å². The number of aryl methyl sites for hydroxylation is 2. The molecule has 1 saturated heterocycles. The molecule has 0 saturated carbocycles. The van der Waals surface area contributed by atoms with Gasteiger partial charge in [-0.25, -0.2) is 0 Å². The van der Waals surface area contributed by atoms with Gasteiger partial charge in [-0.3, -0.25) is 0 Å². The van der Waals surface area contributed by atoms with Gasteiger partial charge in [-0.15, -0.1) is 11.3 Å². The van der Waals surface area contributed by atoms with Crippen LogP contribution in [-0.2, 0) is 0 Å². The van der Waals surface area contributed by atoms with Gasteiger partial charge in [-0.1, -0.05) is 0 Å². The van der Waals surface area contributed by atoms with Gasteiger partial charge in [0, 0.05) is 15.8 Å². The molecular formula is C14H23NS2. The average Bonchev–Trinajstić information content (AvgIpc) is 2.67. The second-order valence-corrected chi connectivity index (χ2v) is 7.74. The lowest BCUT2D eigenvalue weighted by Gasteiger charge is -2.24. The normalized spacial score (nSPS) is 19.5. The molecular weight excluding hydrogens is 246 g/mol. The molecule has 1 N–H and O–H groups in total. The van der Waals surface area contributed by atoms with Crippen LogP contribution in [0, 0.1) is 19.8 Å². The first kappa shape index (κ1) is 13.4. The number of thiophene rings is 1. The average molecular weight is 269 g/mol. The zero-order chi connectivity index (χ0) is 12.3. The third kappa shape index (κ3) is 3.73. The summed E-state index contributed by atoms with van der Waals surface area (Å²) in [4.78, 5) is 2.90. The Balaban J connectivity index is 1.84. The summed E-state index contributed by atoms with van der Waals surface area (Å²) in [5.41, 5.74) is 1.50. The van der Waals surface area contributed by atoms with E-state index in [1.54, 1.807) is 0 Å². The molecule has 17 heavy (non-hydrogen) atoms. The molecule has 0 amide bonds. The second kappa shape index (κ2) is 6.26. The molecule has 0 bridgehead atoms. The second-order valence-electron chi connectivity index (χ2n) is 5.05. The van der Waals surface area contributed by atoms with E-state index in [-0.39, 0.29) is 0 Å². The maximum Gasteiger partial charge on any atom is 0.0302 e. The van der Waals surface area contributed by atoms with Crippen LogP contribution in [0.2, 0.25) is 0 Å². The highest BCUT2D eigenvalue weighted by Crippen LogP contribution is 2.27. The van der Waals surface area contributed by atoms with Crippen molar-refractivity contribution in [2.75, 3.05) is 18.1 Å². The lowest BCUT2D eigenvalue weighted by Crippen LogP contribution is -2.28. The Labute approximate surface area is 113 Å². The van der Waals surface area contributed by atoms with Crippen molar-refractivity contribution in [3.05, 3.63) is 21.4 Å². The van der Waals surface area contributed by atoms with Gasteiger partial charge in [0.1, 0.15) is 0 Å². The summed E-state index contributed by atoms with van der Waals surface area (Å²) in [7, 11) is 0. The first-order valence-electron chi connectivity index (χ1n) is 6.55. The molecule has 0 aromatic carbocycles. The fraction of sp³-hybridized carbons (Fsp3) is 0.714. The Morgan fingerprint density at radius 1 is 1.35 bits per heavy atom. The quantitative estimate of drug-likeness (QED) is 0.881. The van der Waals surface area contributed by atoms with Crippen molar-refractivity contribution >= 4 is 23.1 Å². The van der Waals surface area contributed by atoms with Crippen molar-refractivity contribution in [2.45, 2.75) is 39.7 Å². The van der Waals surface area contributed by atoms with Crippen LogP contribution in [0.1, 0.15) is 41.1 Å². The fourth-order valence-electron chi connectivity index (χ4n) is 2.48. The smallest absolute Gasteiger partial charge is 0.0302 e. The lowest BCUT2D eigenvalue weighted by atomic mass is 10.0. The molecule has 1 aromatic rings. The van der Waals surface area contributed by atoms with E-state index in [0.717, 1.165) is 5.92 Å². The predicted molar refractivity (Wildman–Crippen MR) is 80.3 cm³/mol. The van der Waals surface area contributed by atoms with Crippen molar-refractivity contribution in [2.24, 2.45) is 5.92 Å². The maximum atomic E-state index is 3.72. The summed E-state index contributed by atoms with van der Waals surface area (Å²) in [6.45, 7) is 7.93. The van der Waals surface area contributed by atoms with Crippen LogP contribution < -0.4 is 5.32 Å². The van der Waals surface area contributed by atoms with Crippen LogP contribution in [0.15, 0.2) is 6.07 Å². The van der Waals surface area contributed by atoms with Crippen LogP contribution >= 0.6 is 23.1 Å². The zero-order valence-electron chi connectivity index (χ0n) is 11.1. The largest absolute Gasteiger partial charge is 0.310 e. The van der Waals surface area contributed by atoms with E-state index >= 15 is 0 Å². The fourth-order valence-corrected chi connectivity index (χ4v) is 4.71. The van der Waals surface area contributed by atoms with Crippen LogP contribution in [0.4, 0.5) is 0 Å². The third-order valence-corrected chi connectivity index (χ3v) is 5.63. The van der Waals surface area contributed by atoms with Gasteiger partial charge < -0.3 is 5.32 Å². The van der Waals surface area contributed by atoms with Crippen molar-refractivity contribution in [1.82, 2.24) is 5.32 Å². The van der Waals surface area contributed by atoms with Gasteiger partial charge in [0.25, 0.3) is 0 Å². The summed E-state index contributed by atoms with van der Waals surface area (Å²) in [6, 6.07) is 2.85. The lowest BCUT2D eigenvalue weighted by molar-refractivity contribution is 0.421. The Morgan fingerprint density at radius 3 is 2.65 bits per heavy atom. The molecule has 1 fully saturated rings. The van der Waals surface area contributed by atoms with Gasteiger partial charge in [0.05, 0.1) is 0 Å². The summed E-state index contributed by atoms with van der Waals surface area (Å²) in [5.74, 6) is 3.62. The van der Waals surface area contributed by atoms with E-state index in [1.807, 2.05) is 11.3 Å². The van der Waals surface area contributed by atoms with E-state index in [2.05, 4.69) is 43.9 Å². The highest BCUT2D eigenvalue weighted by atomic mass is 32.2. The van der Waals surface area contributed by atoms with E-state index in [0.29, 0.717) is 6.04 Å². The highest BCUT2D eigenvalue weighted by molar-refractivity contribution is 7.99. The first-order valence-corrected chi connectivity index (χ1v) is 8.52. The highest BCUT2D eigenvalue weighted by Gasteiger charge is 2.16. The number of rotatable bonds is 4. The predicted octanol–water partition coefficient (Wildman–Crippen LogP) is 4.16. The minimum atomic E-state index is 0.509. The molecule has 0 radical (unpaired) electrons. The molecule has 1 nitrogen and oxygen atoms in total. The molecule has 96 valence electrons. The molecule has 3 heteroatoms. The number of thioether (sulfide) groups is 1. The van der Waals surface area contributed by atoms with Crippen molar-refractivity contribution in [3.63, 3.8) is 0 Å². The zero-order valence-corrected chi connectivity index (χ0v) is 12.7. The van der Waals surface area contributed by atoms with Gasteiger partial charge in [0.15, 0.2) is 0 Å². The van der Waals surface area contributed by atoms with Gasteiger partial charge in [0.2, 0.25) is 0 Å². The van der Waals surface area contributed by atoms with Crippen molar-refractivity contribution in [1.29, 1.82) is 0 Å². The van der Waals surface area contributed by atoms with Gasteiger partial charge >= 0.3 is 0 Å². The summed E-state index contributed by atoms with van der Waals surface area (Å²) < 4.78 is 0. The summed E-state index contributed by atoms with van der Waals surface area (Å²) >= 11 is 4.02. The molecule has 1 unspecified atom stereocenters. The number of hydrogen-bond donors (Lipinski definition) is 1. The van der Waals surface area contributed by atoms with Gasteiger partial charge in [-0.05, 0) is 69.2 Å². The molecule has 1 aromatic heterocycles. The summed E-state index contributed by atoms with van der Waals surface area (Å²) in [5, 5.41) is 3.72. The SMILES string of the molecule is Cc1cc(C(C)NCC2CCSCC2)c(C)s1. The van der Waals surface area contributed by atoms with Crippen LogP contribution in [0.3, 0.4) is 0 Å². The first-order chi connectivity index (χ1) is 8.16. The topological polar surface area (TPSA) is 12.0 Å². The molecule has 1 atom stereocenters. The van der Waals surface area contributed by atoms with Crippen LogP contribution in [-0.4, -0.2) is 18.1 Å². The Morgan fingerprint density at radius 2 is 2.06 bits per heavy atom. The standard InChI is InChI=1S/C14H23NS2/c1-10-8-14(12(3)17-10)11(2)15-9-13-4-6-16-7-5-13/h8,11,13,15H,4-7,9H2,1-3H3. The van der Waals surface area contributed by atoms with Crippen molar-refractivity contribution in [3.8, 4) is 0 Å². The Bertz CT molecular complexity index is 353. The minimum absolute atomic E-state index is 0.509. The number of nitrogens with one attached hydrogen (secondary N) is 1. The van der Waals surface area contributed by atoms with E-state index < -0.39 is 0 Å². The summed E-state index contributed by atoms with van der Waals surface area (Å²) in [6.07, 6.45) is 2.79. The van der Waals surface area contributed by atoms with E-state index in [4.69, 9.17) is 0 Å². The molecule has 0 spiro atoms.